The molecule has 19 heavy (non-hydrogen) atoms. The third kappa shape index (κ3) is 3.10. The van der Waals surface area contributed by atoms with E-state index in [1.54, 1.807) is 24.4 Å². The molecule has 0 saturated heterocycles. The molecule has 2 aromatic rings. The van der Waals surface area contributed by atoms with E-state index in [1.807, 2.05) is 0 Å². The first-order chi connectivity index (χ1) is 9.13. The highest BCUT2D eigenvalue weighted by molar-refractivity contribution is 6.31. The highest BCUT2D eigenvalue weighted by Crippen LogP contribution is 2.23. The van der Waals surface area contributed by atoms with Gasteiger partial charge in [0.2, 0.25) is 0 Å². The number of hydrogen-bond donors (Lipinski definition) is 1. The van der Waals surface area contributed by atoms with Crippen LogP contribution in [0, 0.1) is 0 Å². The Kier molecular flexibility index (Phi) is 4.13. The number of aromatic nitrogens is 3. The van der Waals surface area contributed by atoms with Gasteiger partial charge in [-0.3, -0.25) is 4.79 Å². The van der Waals surface area contributed by atoms with Gasteiger partial charge in [-0.2, -0.15) is 0 Å². The van der Waals surface area contributed by atoms with Crippen LogP contribution in [0.1, 0.15) is 16.1 Å². The van der Waals surface area contributed by atoms with Crippen molar-refractivity contribution in [1.82, 2.24) is 15.0 Å². The van der Waals surface area contributed by atoms with E-state index in [0.717, 1.165) is 0 Å². The zero-order valence-electron chi connectivity index (χ0n) is 10.3. The van der Waals surface area contributed by atoms with Crippen molar-refractivity contribution in [2.45, 2.75) is 13.1 Å². The summed E-state index contributed by atoms with van der Waals surface area (Å²) in [5.74, 6) is 0.321. The van der Waals surface area contributed by atoms with Crippen molar-refractivity contribution in [3.05, 3.63) is 40.7 Å². The number of nitrogens with zero attached hydrogens (tertiary/aromatic N) is 3. The zero-order chi connectivity index (χ0) is 13.8. The minimum atomic E-state index is -0.159. The summed E-state index contributed by atoms with van der Waals surface area (Å²) in [7, 11) is 1.50. The SMILES string of the molecule is COc1ccc(Cl)cc1C(=O)Cn1cc(CN)nn1. The number of methoxy groups -OCH3 is 1. The molecule has 0 amide bonds. The van der Waals surface area contributed by atoms with Crippen LogP contribution in [-0.4, -0.2) is 27.9 Å². The minimum absolute atomic E-state index is 0.0592. The third-order valence-electron chi connectivity index (χ3n) is 2.56. The average molecular weight is 281 g/mol. The first-order valence-electron chi connectivity index (χ1n) is 5.60. The van der Waals surface area contributed by atoms with Gasteiger partial charge in [-0.05, 0) is 18.2 Å². The molecule has 2 rings (SSSR count). The number of Topliss-reactive ketones (excluding diaryl/α,β-unsaturated/α-hetero) is 1. The Hall–Kier alpha value is -1.92. The molecule has 0 atom stereocenters. The normalized spacial score (nSPS) is 10.5. The molecular weight excluding hydrogens is 268 g/mol. The lowest BCUT2D eigenvalue weighted by Crippen LogP contribution is -2.12. The predicted molar refractivity (Wildman–Crippen MR) is 70.2 cm³/mol. The number of carbonyl (C=O) groups excluding carboxylic acids is 1. The molecule has 0 radical (unpaired) electrons. The topological polar surface area (TPSA) is 83.0 Å². The van der Waals surface area contributed by atoms with E-state index in [1.165, 1.54) is 11.8 Å². The Morgan fingerprint density at radius 2 is 2.32 bits per heavy atom. The van der Waals surface area contributed by atoms with Gasteiger partial charge in [0.25, 0.3) is 0 Å². The molecule has 6 nitrogen and oxygen atoms in total. The lowest BCUT2D eigenvalue weighted by atomic mass is 10.1. The van der Waals surface area contributed by atoms with Gasteiger partial charge in [0.15, 0.2) is 5.78 Å². The number of ketones is 1. The van der Waals surface area contributed by atoms with Crippen LogP contribution in [0.15, 0.2) is 24.4 Å². The molecular formula is C12H13ClN4O2. The smallest absolute Gasteiger partial charge is 0.188 e. The fourth-order valence-electron chi connectivity index (χ4n) is 1.64. The van der Waals surface area contributed by atoms with Gasteiger partial charge in [-0.15, -0.1) is 5.10 Å². The molecule has 0 saturated carbocycles. The Balaban J connectivity index is 2.21. The molecule has 100 valence electrons. The summed E-state index contributed by atoms with van der Waals surface area (Å²) in [4.78, 5) is 12.2. The van der Waals surface area contributed by atoms with Crippen LogP contribution >= 0.6 is 11.6 Å². The van der Waals surface area contributed by atoms with Gasteiger partial charge in [0, 0.05) is 11.6 Å². The van der Waals surface area contributed by atoms with E-state index in [-0.39, 0.29) is 18.9 Å². The van der Waals surface area contributed by atoms with Crippen LogP contribution in [0.2, 0.25) is 5.02 Å². The van der Waals surface area contributed by atoms with Gasteiger partial charge in [-0.1, -0.05) is 16.8 Å². The number of hydrogen-bond acceptors (Lipinski definition) is 5. The fraction of sp³-hybridized carbons (Fsp3) is 0.250. The average Bonchev–Trinajstić information content (AvgIpc) is 2.86. The van der Waals surface area contributed by atoms with Gasteiger partial charge in [0.1, 0.15) is 12.3 Å². The molecule has 0 aliphatic heterocycles. The molecule has 0 spiro atoms. The number of rotatable bonds is 5. The quantitative estimate of drug-likeness (QED) is 0.834. The summed E-state index contributed by atoms with van der Waals surface area (Å²) < 4.78 is 6.58. The van der Waals surface area contributed by atoms with E-state index < -0.39 is 0 Å². The first kappa shape index (κ1) is 13.5. The van der Waals surface area contributed by atoms with Gasteiger partial charge >= 0.3 is 0 Å². The summed E-state index contributed by atoms with van der Waals surface area (Å²) in [6.45, 7) is 0.346. The van der Waals surface area contributed by atoms with Crippen LogP contribution in [-0.2, 0) is 13.1 Å². The van der Waals surface area contributed by atoms with Crippen LogP contribution in [0.3, 0.4) is 0 Å². The van der Waals surface area contributed by atoms with E-state index in [9.17, 15) is 4.79 Å². The highest BCUT2D eigenvalue weighted by Gasteiger charge is 2.14. The van der Waals surface area contributed by atoms with Crippen molar-refractivity contribution in [1.29, 1.82) is 0 Å². The lowest BCUT2D eigenvalue weighted by Gasteiger charge is -2.07. The first-order valence-corrected chi connectivity index (χ1v) is 5.97. The van der Waals surface area contributed by atoms with Crippen LogP contribution < -0.4 is 10.5 Å². The Labute approximate surface area is 115 Å². The van der Waals surface area contributed by atoms with Crippen molar-refractivity contribution in [3.63, 3.8) is 0 Å². The number of ether oxygens (including phenoxy) is 1. The molecule has 2 N–H and O–H groups in total. The molecule has 0 fully saturated rings. The number of nitrogens with two attached hydrogens (primary N) is 1. The van der Waals surface area contributed by atoms with Crippen molar-refractivity contribution in [2.24, 2.45) is 5.73 Å². The Bertz CT molecular complexity index is 597. The van der Waals surface area contributed by atoms with E-state index in [2.05, 4.69) is 10.3 Å². The van der Waals surface area contributed by atoms with E-state index in [4.69, 9.17) is 22.1 Å². The summed E-state index contributed by atoms with van der Waals surface area (Å²) in [6.07, 6.45) is 1.63. The molecule has 0 bridgehead atoms. The molecule has 0 aliphatic rings. The largest absolute Gasteiger partial charge is 0.496 e. The monoisotopic (exact) mass is 280 g/mol. The van der Waals surface area contributed by atoms with E-state index in [0.29, 0.717) is 22.0 Å². The van der Waals surface area contributed by atoms with Crippen LogP contribution in [0.25, 0.3) is 0 Å². The predicted octanol–water partition coefficient (Wildman–Crippen LogP) is 1.28. The number of benzene rings is 1. The third-order valence-corrected chi connectivity index (χ3v) is 2.80. The van der Waals surface area contributed by atoms with Crippen LogP contribution in [0.4, 0.5) is 0 Å². The van der Waals surface area contributed by atoms with Gasteiger partial charge in [0.05, 0.1) is 24.6 Å². The summed E-state index contributed by atoms with van der Waals surface area (Å²) in [5.41, 5.74) is 6.48. The second-order valence-corrected chi connectivity index (χ2v) is 4.32. The maximum atomic E-state index is 12.2. The Morgan fingerprint density at radius 1 is 1.53 bits per heavy atom. The molecule has 0 unspecified atom stereocenters. The molecule has 1 heterocycles. The highest BCUT2D eigenvalue weighted by atomic mass is 35.5. The molecule has 1 aromatic carbocycles. The lowest BCUT2D eigenvalue weighted by molar-refractivity contribution is 0.0964. The summed E-state index contributed by atoms with van der Waals surface area (Å²) in [6, 6.07) is 4.89. The van der Waals surface area contributed by atoms with E-state index >= 15 is 0 Å². The zero-order valence-corrected chi connectivity index (χ0v) is 11.1. The van der Waals surface area contributed by atoms with Crippen LogP contribution in [0.5, 0.6) is 5.75 Å². The fourth-order valence-corrected chi connectivity index (χ4v) is 1.81. The molecule has 0 aliphatic carbocycles. The summed E-state index contributed by atoms with van der Waals surface area (Å²) >= 11 is 5.89. The van der Waals surface area contributed by atoms with Gasteiger partial charge < -0.3 is 10.5 Å². The summed E-state index contributed by atoms with van der Waals surface area (Å²) in [5, 5.41) is 8.12. The minimum Gasteiger partial charge on any atom is -0.496 e. The molecule has 7 heteroatoms. The van der Waals surface area contributed by atoms with Gasteiger partial charge in [-0.25, -0.2) is 4.68 Å². The maximum absolute atomic E-state index is 12.2. The number of halogens is 1. The van der Waals surface area contributed by atoms with Crippen molar-refractivity contribution < 1.29 is 9.53 Å². The molecule has 1 aromatic heterocycles. The Morgan fingerprint density at radius 3 is 2.95 bits per heavy atom. The second-order valence-electron chi connectivity index (χ2n) is 3.88. The van der Waals surface area contributed by atoms with Crippen molar-refractivity contribution in [3.8, 4) is 5.75 Å². The van der Waals surface area contributed by atoms with Crippen molar-refractivity contribution >= 4 is 17.4 Å². The maximum Gasteiger partial charge on any atom is 0.188 e. The standard InChI is InChI=1S/C12H13ClN4O2/c1-19-12-3-2-8(13)4-10(12)11(18)7-17-6-9(5-14)15-16-17/h2-4,6H,5,7,14H2,1H3. The number of carbonyl (C=O) groups is 1. The second kappa shape index (κ2) is 5.81. The van der Waals surface area contributed by atoms with Crippen molar-refractivity contribution in [2.75, 3.05) is 7.11 Å².